The summed E-state index contributed by atoms with van der Waals surface area (Å²) >= 11 is 0. The number of allylic oxidation sites excluding steroid dienone is 7. The van der Waals surface area contributed by atoms with Crippen LogP contribution in [0.2, 0.25) is 0 Å². The molecule has 0 radical (unpaired) electrons. The van der Waals surface area contributed by atoms with Crippen LogP contribution in [0, 0.1) is 0 Å². The number of phosphoric ester groups is 1. The van der Waals surface area contributed by atoms with Crippen LogP contribution in [0.5, 0.6) is 0 Å². The Bertz CT molecular complexity index is 1310. The van der Waals surface area contributed by atoms with Crippen LogP contribution >= 0.6 is 7.82 Å². The third-order valence-corrected chi connectivity index (χ3v) is 15.0. The quantitative estimate of drug-likeness (QED) is 0.0272. The second kappa shape index (κ2) is 54.3. The lowest BCUT2D eigenvalue weighted by molar-refractivity contribution is -0.870. The van der Waals surface area contributed by atoms with Gasteiger partial charge in [-0.1, -0.05) is 274 Å². The molecule has 72 heavy (non-hydrogen) atoms. The first-order valence-electron chi connectivity index (χ1n) is 31.0. The fourth-order valence-electron chi connectivity index (χ4n) is 9.14. The van der Waals surface area contributed by atoms with Crippen LogP contribution < -0.4 is 10.2 Å². The largest absolute Gasteiger partial charge is 0.756 e. The molecular formula is C63H121N2O6P. The van der Waals surface area contributed by atoms with E-state index in [2.05, 4.69) is 55.6 Å². The van der Waals surface area contributed by atoms with Crippen molar-refractivity contribution < 1.29 is 32.9 Å². The molecule has 0 heterocycles. The molecule has 9 heteroatoms. The number of carbonyl (C=O) groups is 1. The molecule has 3 atom stereocenters. The van der Waals surface area contributed by atoms with E-state index < -0.39 is 26.6 Å². The fourth-order valence-corrected chi connectivity index (χ4v) is 9.87. The smallest absolute Gasteiger partial charge is 0.268 e. The van der Waals surface area contributed by atoms with E-state index in [9.17, 15) is 19.4 Å². The van der Waals surface area contributed by atoms with Crippen LogP contribution in [-0.2, 0) is 18.4 Å². The molecule has 424 valence electrons. The van der Waals surface area contributed by atoms with Crippen molar-refractivity contribution in [2.75, 3.05) is 40.9 Å². The van der Waals surface area contributed by atoms with E-state index >= 15 is 0 Å². The number of phosphoric acid groups is 1. The highest BCUT2D eigenvalue weighted by molar-refractivity contribution is 7.45. The van der Waals surface area contributed by atoms with Crippen LogP contribution in [0.15, 0.2) is 48.6 Å². The normalized spacial score (nSPS) is 14.2. The van der Waals surface area contributed by atoms with Gasteiger partial charge in [-0.2, -0.15) is 0 Å². The summed E-state index contributed by atoms with van der Waals surface area (Å²) in [5, 5.41) is 13.9. The van der Waals surface area contributed by atoms with Crippen molar-refractivity contribution in [2.24, 2.45) is 0 Å². The summed E-state index contributed by atoms with van der Waals surface area (Å²) in [6.07, 6.45) is 72.1. The molecule has 0 aromatic rings. The SMILES string of the molecule is CCCCCCCCCCC/C=C\C/C=C\CCCCCCCCCCCCCCCCCC(=O)NC(COP(=O)([O-])OCC[N+](C)(C)C)C(O)/C=C/CC/C=C/CCCCCCCCCCCCCCC. The lowest BCUT2D eigenvalue weighted by atomic mass is 10.0. The van der Waals surface area contributed by atoms with Crippen LogP contribution in [0.3, 0.4) is 0 Å². The number of amides is 1. The van der Waals surface area contributed by atoms with Gasteiger partial charge >= 0.3 is 0 Å². The Labute approximate surface area is 448 Å². The van der Waals surface area contributed by atoms with Crippen LogP contribution in [-0.4, -0.2) is 68.5 Å². The Morgan fingerprint density at radius 3 is 1.21 bits per heavy atom. The molecule has 0 aromatic carbocycles. The van der Waals surface area contributed by atoms with Gasteiger partial charge in [-0.25, -0.2) is 0 Å². The number of rotatable bonds is 57. The molecule has 0 aliphatic rings. The van der Waals surface area contributed by atoms with Gasteiger partial charge in [0.05, 0.1) is 39.9 Å². The average molecular weight is 1030 g/mol. The first-order valence-corrected chi connectivity index (χ1v) is 32.5. The number of unbranched alkanes of at least 4 members (excludes halogenated alkanes) is 38. The first kappa shape index (κ1) is 70.5. The summed E-state index contributed by atoms with van der Waals surface area (Å²) in [4.78, 5) is 25.5. The predicted octanol–water partition coefficient (Wildman–Crippen LogP) is 18.5. The molecule has 0 bridgehead atoms. The predicted molar refractivity (Wildman–Crippen MR) is 311 cm³/mol. The second-order valence-corrected chi connectivity index (χ2v) is 23.8. The molecule has 0 fully saturated rings. The summed E-state index contributed by atoms with van der Waals surface area (Å²) in [5.74, 6) is -0.204. The van der Waals surface area contributed by atoms with Crippen LogP contribution in [0.1, 0.15) is 296 Å². The summed E-state index contributed by atoms with van der Waals surface area (Å²) in [6.45, 7) is 4.66. The van der Waals surface area contributed by atoms with Gasteiger partial charge in [0.25, 0.3) is 7.82 Å². The summed E-state index contributed by atoms with van der Waals surface area (Å²) in [5.41, 5.74) is 0. The fraction of sp³-hybridized carbons (Fsp3) is 0.857. The lowest BCUT2D eigenvalue weighted by Crippen LogP contribution is -2.45. The maximum atomic E-state index is 13.0. The maximum absolute atomic E-state index is 13.0. The highest BCUT2D eigenvalue weighted by atomic mass is 31.2. The molecule has 8 nitrogen and oxygen atoms in total. The molecule has 0 aliphatic heterocycles. The van der Waals surface area contributed by atoms with Crippen LogP contribution in [0.4, 0.5) is 0 Å². The number of nitrogens with zero attached hydrogens (tertiary/aromatic N) is 1. The minimum absolute atomic E-state index is 0.00621. The van der Waals surface area contributed by atoms with Crippen LogP contribution in [0.25, 0.3) is 0 Å². The van der Waals surface area contributed by atoms with Crippen molar-refractivity contribution in [1.82, 2.24) is 5.32 Å². The number of hydrogen-bond acceptors (Lipinski definition) is 6. The zero-order valence-electron chi connectivity index (χ0n) is 48.4. The van der Waals surface area contributed by atoms with E-state index in [1.165, 1.54) is 231 Å². The topological polar surface area (TPSA) is 108 Å². The van der Waals surface area contributed by atoms with E-state index in [0.29, 0.717) is 17.4 Å². The molecule has 1 amide bonds. The van der Waals surface area contributed by atoms with E-state index in [1.807, 2.05) is 27.2 Å². The molecule has 0 saturated heterocycles. The Hall–Kier alpha value is -1.54. The molecule has 2 N–H and O–H groups in total. The van der Waals surface area contributed by atoms with Gasteiger partial charge in [-0.05, 0) is 64.2 Å². The molecule has 0 aliphatic carbocycles. The number of aliphatic hydroxyl groups is 1. The number of likely N-dealkylation sites (N-methyl/N-ethyl adjacent to an activating group) is 1. The maximum Gasteiger partial charge on any atom is 0.268 e. The van der Waals surface area contributed by atoms with Gasteiger partial charge in [0.15, 0.2) is 0 Å². The van der Waals surface area contributed by atoms with E-state index in [1.54, 1.807) is 6.08 Å². The molecule has 3 unspecified atom stereocenters. The van der Waals surface area contributed by atoms with Gasteiger partial charge in [-0.3, -0.25) is 9.36 Å². The summed E-state index contributed by atoms with van der Waals surface area (Å²) in [7, 11) is 1.25. The van der Waals surface area contributed by atoms with Gasteiger partial charge in [0, 0.05) is 6.42 Å². The monoisotopic (exact) mass is 1030 g/mol. The average Bonchev–Trinajstić information content (AvgIpc) is 3.34. The molecule has 0 saturated carbocycles. The third-order valence-electron chi connectivity index (χ3n) is 14.0. The highest BCUT2D eigenvalue weighted by Crippen LogP contribution is 2.38. The van der Waals surface area contributed by atoms with Gasteiger partial charge in [-0.15, -0.1) is 0 Å². The van der Waals surface area contributed by atoms with Crippen molar-refractivity contribution in [3.05, 3.63) is 48.6 Å². The van der Waals surface area contributed by atoms with Gasteiger partial charge in [0.1, 0.15) is 13.2 Å². The van der Waals surface area contributed by atoms with Crippen molar-refractivity contribution in [3.63, 3.8) is 0 Å². The van der Waals surface area contributed by atoms with Crippen molar-refractivity contribution in [1.29, 1.82) is 0 Å². The number of carbonyl (C=O) groups excluding carboxylic acids is 1. The molecule has 0 aromatic heterocycles. The number of hydrogen-bond donors (Lipinski definition) is 2. The van der Waals surface area contributed by atoms with Crippen molar-refractivity contribution in [3.8, 4) is 0 Å². The Balaban J connectivity index is 4.13. The zero-order valence-corrected chi connectivity index (χ0v) is 49.3. The number of quaternary nitrogens is 1. The first-order chi connectivity index (χ1) is 35.0. The number of aliphatic hydroxyl groups excluding tert-OH is 1. The van der Waals surface area contributed by atoms with Gasteiger partial charge in [0.2, 0.25) is 5.91 Å². The standard InChI is InChI=1S/C63H121N2O6P/c1-6-8-10-12-14-16-18-20-22-24-26-27-28-29-30-31-32-33-34-35-36-37-39-41-43-45-47-49-51-53-55-57-63(67)64-61(60-71-72(68,69)70-59-58-65(3,4)5)62(66)56-54-52-50-48-46-44-42-40-38-25-23-21-19-17-15-13-11-9-7-2/h26-27,29-30,46,48,54,56,61-62,66H,6-25,28,31-45,47,49-53,55,57-60H2,1-5H3,(H-,64,67,68,69)/b27-26-,30-29-,48-46+,56-54+. The van der Waals surface area contributed by atoms with E-state index in [4.69, 9.17) is 9.05 Å². The second-order valence-electron chi connectivity index (χ2n) is 22.4. The zero-order chi connectivity index (χ0) is 52.7. The van der Waals surface area contributed by atoms with Crippen molar-refractivity contribution in [2.45, 2.75) is 309 Å². The Morgan fingerprint density at radius 1 is 0.486 bits per heavy atom. The summed E-state index contributed by atoms with van der Waals surface area (Å²) in [6, 6.07) is -0.904. The molecule has 0 spiro atoms. The van der Waals surface area contributed by atoms with E-state index in [-0.39, 0.29) is 12.5 Å². The Morgan fingerprint density at radius 2 is 0.819 bits per heavy atom. The summed E-state index contributed by atoms with van der Waals surface area (Å²) < 4.78 is 23.4. The number of nitrogens with one attached hydrogen (secondary N) is 1. The molecule has 0 rings (SSSR count). The minimum Gasteiger partial charge on any atom is -0.756 e. The lowest BCUT2D eigenvalue weighted by Gasteiger charge is -2.29. The highest BCUT2D eigenvalue weighted by Gasteiger charge is 2.23. The Kier molecular flexibility index (Phi) is 53.1. The van der Waals surface area contributed by atoms with E-state index in [0.717, 1.165) is 44.9 Å². The minimum atomic E-state index is -4.61. The molecular weight excluding hydrogens is 912 g/mol. The van der Waals surface area contributed by atoms with Gasteiger partial charge < -0.3 is 28.8 Å². The van der Waals surface area contributed by atoms with Crippen molar-refractivity contribution >= 4 is 13.7 Å². The third kappa shape index (κ3) is 56.2.